The molecule has 6 rings (SSSR count). The van der Waals surface area contributed by atoms with Gasteiger partial charge in [0.2, 0.25) is 0 Å². The normalized spacial score (nSPS) is 17.5. The number of fused-ring (bicyclic) bond motifs is 4. The van der Waals surface area contributed by atoms with Crippen LogP contribution < -0.4 is 10.5 Å². The van der Waals surface area contributed by atoms with Crippen molar-refractivity contribution in [2.45, 2.75) is 12.5 Å². The van der Waals surface area contributed by atoms with E-state index in [0.717, 1.165) is 51.7 Å². The van der Waals surface area contributed by atoms with Crippen molar-refractivity contribution in [2.75, 3.05) is 32.6 Å². The SMILES string of the molecule is CN(C(=O)c1ccc2nc(N)c3cnn(C)c3c2c1)C1COc2cc(C3=CCOCC3)ccc21. The second-order valence-electron chi connectivity index (χ2n) is 8.81. The van der Waals surface area contributed by atoms with Gasteiger partial charge in [0.15, 0.2) is 0 Å². The number of amides is 1. The number of aromatic nitrogens is 3. The minimum Gasteiger partial charge on any atom is -0.491 e. The summed E-state index contributed by atoms with van der Waals surface area (Å²) in [6.07, 6.45) is 4.72. The molecule has 0 saturated carbocycles. The van der Waals surface area contributed by atoms with Crippen LogP contribution in [0.2, 0.25) is 0 Å². The predicted octanol–water partition coefficient (Wildman–Crippen LogP) is 3.71. The van der Waals surface area contributed by atoms with E-state index >= 15 is 0 Å². The molecule has 2 aromatic carbocycles. The van der Waals surface area contributed by atoms with Crippen molar-refractivity contribution in [3.05, 3.63) is 65.4 Å². The van der Waals surface area contributed by atoms with E-state index in [1.54, 1.807) is 21.8 Å². The number of rotatable bonds is 3. The number of ether oxygens (including phenoxy) is 2. The first-order chi connectivity index (χ1) is 16.5. The zero-order valence-corrected chi connectivity index (χ0v) is 19.1. The van der Waals surface area contributed by atoms with E-state index in [4.69, 9.17) is 15.2 Å². The molecule has 8 nitrogen and oxygen atoms in total. The summed E-state index contributed by atoms with van der Waals surface area (Å²) in [5.41, 5.74) is 11.7. The number of likely N-dealkylation sites (N-methyl/N-ethyl adjacent to an activating group) is 1. The van der Waals surface area contributed by atoms with Gasteiger partial charge in [0, 0.05) is 30.6 Å². The van der Waals surface area contributed by atoms with Crippen LogP contribution in [0.15, 0.2) is 48.7 Å². The molecule has 0 bridgehead atoms. The molecule has 34 heavy (non-hydrogen) atoms. The molecule has 0 fully saturated rings. The maximum atomic E-state index is 13.5. The van der Waals surface area contributed by atoms with Crippen LogP contribution in [0.3, 0.4) is 0 Å². The van der Waals surface area contributed by atoms with Gasteiger partial charge >= 0.3 is 0 Å². The number of anilines is 1. The summed E-state index contributed by atoms with van der Waals surface area (Å²) in [5.74, 6) is 1.19. The van der Waals surface area contributed by atoms with Crippen LogP contribution in [0.1, 0.15) is 33.9 Å². The lowest BCUT2D eigenvalue weighted by Gasteiger charge is -2.24. The average Bonchev–Trinajstić information content (AvgIpc) is 3.47. The number of pyridine rings is 1. The summed E-state index contributed by atoms with van der Waals surface area (Å²) < 4.78 is 13.2. The Kier molecular flexibility index (Phi) is 4.77. The monoisotopic (exact) mass is 455 g/mol. The number of nitrogen functional groups attached to an aromatic ring is 1. The standard InChI is InChI=1S/C26H25N5O3/c1-30(22-14-34-23-12-16(3-5-18(22)23)15-7-9-33-10-8-15)26(32)17-4-6-21-19(11-17)24-20(25(27)29-21)13-28-31(24)2/h3-7,11-13,22H,8-10,14H2,1-2H3,(H2,27,29). The first-order valence-electron chi connectivity index (χ1n) is 11.3. The van der Waals surface area contributed by atoms with Crippen LogP contribution in [0, 0.1) is 0 Å². The highest BCUT2D eigenvalue weighted by molar-refractivity contribution is 6.10. The van der Waals surface area contributed by atoms with Crippen LogP contribution in [0.5, 0.6) is 5.75 Å². The smallest absolute Gasteiger partial charge is 0.254 e. The molecule has 172 valence electrons. The van der Waals surface area contributed by atoms with Crippen molar-refractivity contribution >= 4 is 39.1 Å². The lowest BCUT2D eigenvalue weighted by molar-refractivity contribution is 0.0708. The third-order valence-corrected chi connectivity index (χ3v) is 6.85. The van der Waals surface area contributed by atoms with E-state index in [0.29, 0.717) is 24.6 Å². The Morgan fingerprint density at radius 3 is 2.91 bits per heavy atom. The van der Waals surface area contributed by atoms with Crippen molar-refractivity contribution in [3.63, 3.8) is 0 Å². The molecule has 0 spiro atoms. The van der Waals surface area contributed by atoms with Crippen molar-refractivity contribution in [3.8, 4) is 5.75 Å². The van der Waals surface area contributed by atoms with E-state index in [1.165, 1.54) is 5.57 Å². The third kappa shape index (κ3) is 3.21. The molecule has 8 heteroatoms. The van der Waals surface area contributed by atoms with Gasteiger partial charge in [0.25, 0.3) is 5.91 Å². The molecule has 2 aromatic heterocycles. The highest BCUT2D eigenvalue weighted by atomic mass is 16.5. The van der Waals surface area contributed by atoms with Crippen molar-refractivity contribution < 1.29 is 14.3 Å². The lowest BCUT2D eigenvalue weighted by Crippen LogP contribution is -2.32. The molecular formula is C26H25N5O3. The maximum absolute atomic E-state index is 13.5. The first kappa shape index (κ1) is 20.7. The summed E-state index contributed by atoms with van der Waals surface area (Å²) in [7, 11) is 3.69. The molecule has 4 aromatic rings. The summed E-state index contributed by atoms with van der Waals surface area (Å²) in [6.45, 7) is 1.82. The molecular weight excluding hydrogens is 430 g/mol. The Bertz CT molecular complexity index is 1490. The van der Waals surface area contributed by atoms with Gasteiger partial charge in [0.1, 0.15) is 18.2 Å². The highest BCUT2D eigenvalue weighted by Crippen LogP contribution is 2.39. The van der Waals surface area contributed by atoms with Crippen LogP contribution in [0.25, 0.3) is 27.4 Å². The summed E-state index contributed by atoms with van der Waals surface area (Å²) in [5, 5.41) is 5.95. The first-order valence-corrected chi connectivity index (χ1v) is 11.3. The molecule has 4 heterocycles. The maximum Gasteiger partial charge on any atom is 0.254 e. The van der Waals surface area contributed by atoms with E-state index in [-0.39, 0.29) is 11.9 Å². The molecule has 2 aliphatic heterocycles. The number of hydrogen-bond donors (Lipinski definition) is 1. The zero-order chi connectivity index (χ0) is 23.4. The number of benzene rings is 2. The molecule has 1 unspecified atom stereocenters. The van der Waals surface area contributed by atoms with Gasteiger partial charge in [-0.05, 0) is 41.8 Å². The molecule has 1 atom stereocenters. The predicted molar refractivity (Wildman–Crippen MR) is 131 cm³/mol. The molecule has 2 aliphatic rings. The average molecular weight is 456 g/mol. The summed E-state index contributed by atoms with van der Waals surface area (Å²) in [4.78, 5) is 19.7. The van der Waals surface area contributed by atoms with Crippen LogP contribution in [-0.4, -0.2) is 52.4 Å². The molecule has 0 saturated heterocycles. The Labute approximate surface area is 196 Å². The summed E-state index contributed by atoms with van der Waals surface area (Å²) >= 11 is 0. The van der Waals surface area contributed by atoms with E-state index < -0.39 is 0 Å². The van der Waals surface area contributed by atoms with E-state index in [9.17, 15) is 4.79 Å². The van der Waals surface area contributed by atoms with Crippen LogP contribution in [-0.2, 0) is 11.8 Å². The second kappa shape index (κ2) is 7.85. The fourth-order valence-corrected chi connectivity index (χ4v) is 4.94. The highest BCUT2D eigenvalue weighted by Gasteiger charge is 2.31. The number of carbonyl (C=O) groups is 1. The number of nitrogens with two attached hydrogens (primary N) is 1. The molecule has 0 radical (unpaired) electrons. The number of hydrogen-bond acceptors (Lipinski definition) is 6. The van der Waals surface area contributed by atoms with Gasteiger partial charge in [-0.15, -0.1) is 0 Å². The molecule has 1 amide bonds. The minimum absolute atomic E-state index is 0.0771. The summed E-state index contributed by atoms with van der Waals surface area (Å²) in [6, 6.07) is 11.6. The zero-order valence-electron chi connectivity index (χ0n) is 19.1. The Hall–Kier alpha value is -3.91. The van der Waals surface area contributed by atoms with Gasteiger partial charge < -0.3 is 20.1 Å². The van der Waals surface area contributed by atoms with Gasteiger partial charge in [0.05, 0.1) is 41.9 Å². The molecule has 0 aliphatic carbocycles. The molecule has 2 N–H and O–H groups in total. The Balaban J connectivity index is 1.32. The van der Waals surface area contributed by atoms with Crippen molar-refractivity contribution in [1.82, 2.24) is 19.7 Å². The Morgan fingerprint density at radius 2 is 2.09 bits per heavy atom. The van der Waals surface area contributed by atoms with Gasteiger partial charge in [-0.25, -0.2) is 4.98 Å². The number of aryl methyl sites for hydroxylation is 1. The fourth-order valence-electron chi connectivity index (χ4n) is 4.94. The van der Waals surface area contributed by atoms with Gasteiger partial charge in [-0.3, -0.25) is 9.48 Å². The largest absolute Gasteiger partial charge is 0.491 e. The van der Waals surface area contributed by atoms with Gasteiger partial charge in [-0.1, -0.05) is 18.2 Å². The minimum atomic E-state index is -0.155. The third-order valence-electron chi connectivity index (χ3n) is 6.85. The van der Waals surface area contributed by atoms with E-state index in [2.05, 4.69) is 34.4 Å². The fraction of sp³-hybridized carbons (Fsp3) is 0.269. The topological polar surface area (TPSA) is 95.5 Å². The van der Waals surface area contributed by atoms with Crippen LogP contribution in [0.4, 0.5) is 5.82 Å². The number of nitrogens with zero attached hydrogens (tertiary/aromatic N) is 4. The van der Waals surface area contributed by atoms with Gasteiger partial charge in [-0.2, -0.15) is 5.10 Å². The quantitative estimate of drug-likeness (QED) is 0.506. The van der Waals surface area contributed by atoms with Crippen molar-refractivity contribution in [1.29, 1.82) is 0 Å². The van der Waals surface area contributed by atoms with Crippen molar-refractivity contribution in [2.24, 2.45) is 7.05 Å². The van der Waals surface area contributed by atoms with Crippen LogP contribution >= 0.6 is 0 Å². The second-order valence-corrected chi connectivity index (χ2v) is 8.81. The lowest BCUT2D eigenvalue weighted by atomic mass is 9.98. The van der Waals surface area contributed by atoms with E-state index in [1.807, 2.05) is 26.2 Å². The Morgan fingerprint density at radius 1 is 1.21 bits per heavy atom. The number of carbonyl (C=O) groups excluding carboxylic acids is 1.